The molecule has 0 bridgehead atoms. The minimum absolute atomic E-state index is 0.0529. The van der Waals surface area contributed by atoms with E-state index < -0.39 is 0 Å². The molecule has 2 atom stereocenters. The molecule has 2 aliphatic rings. The molecule has 4 heterocycles. The fourth-order valence-corrected chi connectivity index (χ4v) is 4.46. The number of hydrogen-bond acceptors (Lipinski definition) is 6. The van der Waals surface area contributed by atoms with Gasteiger partial charge in [0.2, 0.25) is 0 Å². The summed E-state index contributed by atoms with van der Waals surface area (Å²) in [5.41, 5.74) is 0.739. The van der Waals surface area contributed by atoms with Gasteiger partial charge in [-0.15, -0.1) is 10.2 Å². The molecule has 8 heteroatoms. The van der Waals surface area contributed by atoms with E-state index in [-0.39, 0.29) is 18.1 Å². The fraction of sp³-hybridized carbons (Fsp3) is 0.588. The van der Waals surface area contributed by atoms with Crippen molar-refractivity contribution < 1.29 is 9.90 Å². The number of likely N-dealkylation sites (tertiary alicyclic amines) is 1. The van der Waals surface area contributed by atoms with Gasteiger partial charge < -0.3 is 14.6 Å². The standard InChI is InChI=1S/C17H23N5O2S/c1-11(2)22-8-13(23)7-14(22)16-19-18-15-9-20(4-5-21(15)16)17(24)12-3-6-25-10-12/h3,6,10-11,13-14,23H,4-5,7-9H2,1-2H3/t13-,14+/m1/s1. The maximum absolute atomic E-state index is 12.6. The molecule has 25 heavy (non-hydrogen) atoms. The van der Waals surface area contributed by atoms with Crippen LogP contribution in [0.4, 0.5) is 0 Å². The number of fused-ring (bicyclic) bond motifs is 1. The average molecular weight is 361 g/mol. The van der Waals surface area contributed by atoms with Crippen molar-refractivity contribution >= 4 is 17.2 Å². The number of carbonyl (C=O) groups is 1. The quantitative estimate of drug-likeness (QED) is 0.897. The second-order valence-corrected chi connectivity index (χ2v) is 7.84. The Labute approximate surface area is 150 Å². The first-order valence-corrected chi connectivity index (χ1v) is 9.66. The molecule has 1 saturated heterocycles. The molecule has 0 radical (unpaired) electrons. The topological polar surface area (TPSA) is 74.5 Å². The van der Waals surface area contributed by atoms with Crippen molar-refractivity contribution in [1.82, 2.24) is 24.6 Å². The number of nitrogens with zero attached hydrogens (tertiary/aromatic N) is 5. The van der Waals surface area contributed by atoms with Gasteiger partial charge in [-0.25, -0.2) is 0 Å². The van der Waals surface area contributed by atoms with Gasteiger partial charge in [0.25, 0.3) is 5.91 Å². The number of hydrogen-bond donors (Lipinski definition) is 1. The van der Waals surface area contributed by atoms with Gasteiger partial charge in [-0.1, -0.05) is 0 Å². The van der Waals surface area contributed by atoms with E-state index in [1.165, 1.54) is 11.3 Å². The number of β-amino-alcohol motifs (C(OH)–C–C–N with tert-alkyl or cyclic N) is 1. The molecule has 1 amide bonds. The zero-order chi connectivity index (χ0) is 17.6. The highest BCUT2D eigenvalue weighted by atomic mass is 32.1. The van der Waals surface area contributed by atoms with Crippen LogP contribution in [0.25, 0.3) is 0 Å². The number of aliphatic hydroxyl groups excluding tert-OH is 1. The summed E-state index contributed by atoms with van der Waals surface area (Å²) in [6.07, 6.45) is 0.369. The van der Waals surface area contributed by atoms with Crippen LogP contribution in [-0.4, -0.2) is 60.8 Å². The molecule has 2 aliphatic heterocycles. The number of rotatable bonds is 3. The zero-order valence-electron chi connectivity index (χ0n) is 14.5. The van der Waals surface area contributed by atoms with E-state index >= 15 is 0 Å². The van der Waals surface area contributed by atoms with Crippen molar-refractivity contribution in [2.75, 3.05) is 13.1 Å². The molecule has 0 spiro atoms. The normalized spacial score (nSPS) is 24.1. The fourth-order valence-electron chi connectivity index (χ4n) is 3.83. The van der Waals surface area contributed by atoms with Crippen LogP contribution in [0.2, 0.25) is 0 Å². The van der Waals surface area contributed by atoms with Gasteiger partial charge in [0.05, 0.1) is 24.3 Å². The van der Waals surface area contributed by atoms with Crippen LogP contribution in [0.5, 0.6) is 0 Å². The van der Waals surface area contributed by atoms with Gasteiger partial charge in [0.15, 0.2) is 11.6 Å². The highest BCUT2D eigenvalue weighted by Crippen LogP contribution is 2.33. The first-order chi connectivity index (χ1) is 12.0. The molecule has 4 rings (SSSR count). The highest BCUT2D eigenvalue weighted by Gasteiger charge is 2.38. The van der Waals surface area contributed by atoms with Gasteiger partial charge in [0, 0.05) is 31.1 Å². The molecule has 1 N–H and O–H groups in total. The maximum Gasteiger partial charge on any atom is 0.255 e. The third-order valence-corrected chi connectivity index (χ3v) is 5.80. The molecular weight excluding hydrogens is 338 g/mol. The molecular formula is C17H23N5O2S. The summed E-state index contributed by atoms with van der Waals surface area (Å²) < 4.78 is 2.13. The first kappa shape index (κ1) is 16.7. The lowest BCUT2D eigenvalue weighted by Gasteiger charge is -2.31. The minimum atomic E-state index is -0.319. The summed E-state index contributed by atoms with van der Waals surface area (Å²) in [5.74, 6) is 1.80. The Morgan fingerprint density at radius 3 is 2.92 bits per heavy atom. The Balaban J connectivity index is 1.55. The molecule has 0 unspecified atom stereocenters. The third kappa shape index (κ3) is 2.98. The van der Waals surface area contributed by atoms with Crippen LogP contribution < -0.4 is 0 Å². The van der Waals surface area contributed by atoms with E-state index in [9.17, 15) is 9.90 Å². The van der Waals surface area contributed by atoms with E-state index in [1.54, 1.807) is 0 Å². The molecule has 7 nitrogen and oxygen atoms in total. The summed E-state index contributed by atoms with van der Waals surface area (Å²) >= 11 is 1.53. The Kier molecular flexibility index (Phi) is 4.35. The molecule has 0 saturated carbocycles. The predicted octanol–water partition coefficient (Wildman–Crippen LogP) is 1.51. The van der Waals surface area contributed by atoms with E-state index in [4.69, 9.17) is 0 Å². The lowest BCUT2D eigenvalue weighted by Crippen LogP contribution is -2.39. The van der Waals surface area contributed by atoms with Crippen molar-refractivity contribution in [2.45, 2.75) is 51.5 Å². The lowest BCUT2D eigenvalue weighted by molar-refractivity contribution is 0.0704. The van der Waals surface area contributed by atoms with Crippen LogP contribution in [0.3, 0.4) is 0 Å². The summed E-state index contributed by atoms with van der Waals surface area (Å²) in [7, 11) is 0. The molecule has 2 aromatic rings. The second-order valence-electron chi connectivity index (χ2n) is 7.06. The first-order valence-electron chi connectivity index (χ1n) is 8.72. The number of thiophene rings is 1. The van der Waals surface area contributed by atoms with Crippen LogP contribution >= 0.6 is 11.3 Å². The second kappa shape index (κ2) is 6.51. The molecule has 2 aromatic heterocycles. The minimum Gasteiger partial charge on any atom is -0.392 e. The summed E-state index contributed by atoms with van der Waals surface area (Å²) in [5, 5.41) is 22.7. The Hall–Kier alpha value is -1.77. The molecule has 1 fully saturated rings. The third-order valence-electron chi connectivity index (χ3n) is 5.12. The van der Waals surface area contributed by atoms with Crippen molar-refractivity contribution in [3.63, 3.8) is 0 Å². The van der Waals surface area contributed by atoms with Crippen LogP contribution in [0.15, 0.2) is 16.8 Å². The highest BCUT2D eigenvalue weighted by molar-refractivity contribution is 7.08. The van der Waals surface area contributed by atoms with E-state index in [1.807, 2.05) is 21.7 Å². The number of aliphatic hydroxyl groups is 1. The SMILES string of the molecule is CC(C)N1C[C@H](O)C[C@H]1c1nnc2n1CCN(C(=O)c1ccsc1)C2. The van der Waals surface area contributed by atoms with Crippen LogP contribution in [-0.2, 0) is 13.1 Å². The van der Waals surface area contributed by atoms with Gasteiger partial charge in [-0.3, -0.25) is 9.69 Å². The maximum atomic E-state index is 12.6. The summed E-state index contributed by atoms with van der Waals surface area (Å²) in [4.78, 5) is 16.7. The van der Waals surface area contributed by atoms with Crippen molar-refractivity contribution in [2.24, 2.45) is 0 Å². The zero-order valence-corrected chi connectivity index (χ0v) is 15.3. The van der Waals surface area contributed by atoms with Gasteiger partial charge in [-0.05, 0) is 31.7 Å². The van der Waals surface area contributed by atoms with E-state index in [0.29, 0.717) is 38.6 Å². The Morgan fingerprint density at radius 1 is 1.36 bits per heavy atom. The smallest absolute Gasteiger partial charge is 0.255 e. The largest absolute Gasteiger partial charge is 0.392 e. The molecule has 0 aliphatic carbocycles. The van der Waals surface area contributed by atoms with Crippen molar-refractivity contribution in [3.8, 4) is 0 Å². The summed E-state index contributed by atoms with van der Waals surface area (Å²) in [6.45, 7) is 6.79. The van der Waals surface area contributed by atoms with E-state index in [0.717, 1.165) is 17.2 Å². The van der Waals surface area contributed by atoms with Gasteiger partial charge in [0.1, 0.15) is 0 Å². The molecule has 134 valence electrons. The summed E-state index contributed by atoms with van der Waals surface area (Å²) in [6, 6.07) is 2.30. The van der Waals surface area contributed by atoms with Crippen LogP contribution in [0, 0.1) is 0 Å². The van der Waals surface area contributed by atoms with Gasteiger partial charge in [-0.2, -0.15) is 11.3 Å². The van der Waals surface area contributed by atoms with Gasteiger partial charge >= 0.3 is 0 Å². The number of amides is 1. The Bertz CT molecular complexity index is 757. The van der Waals surface area contributed by atoms with E-state index in [2.05, 4.69) is 33.5 Å². The average Bonchev–Trinajstić information content (AvgIpc) is 3.32. The number of carbonyl (C=O) groups excluding carboxylic acids is 1. The monoisotopic (exact) mass is 361 g/mol. The van der Waals surface area contributed by atoms with Crippen LogP contribution in [0.1, 0.15) is 48.3 Å². The Morgan fingerprint density at radius 2 is 2.20 bits per heavy atom. The van der Waals surface area contributed by atoms with Crippen molar-refractivity contribution in [1.29, 1.82) is 0 Å². The number of aromatic nitrogens is 3. The van der Waals surface area contributed by atoms with Crippen molar-refractivity contribution in [3.05, 3.63) is 34.0 Å². The predicted molar refractivity (Wildman–Crippen MR) is 94.3 cm³/mol. The molecule has 0 aromatic carbocycles. The lowest BCUT2D eigenvalue weighted by atomic mass is 10.1.